The maximum Gasteiger partial charge on any atom is 0.108 e. The van der Waals surface area contributed by atoms with E-state index in [1.54, 1.807) is 7.11 Å². The Morgan fingerprint density at radius 2 is 2.15 bits per heavy atom. The van der Waals surface area contributed by atoms with Crippen LogP contribution in [-0.4, -0.2) is 18.3 Å². The third-order valence-corrected chi connectivity index (χ3v) is 2.67. The third-order valence-electron chi connectivity index (χ3n) is 2.67. The zero-order valence-corrected chi connectivity index (χ0v) is 7.73. The summed E-state index contributed by atoms with van der Waals surface area (Å²) in [7, 11) is 1.65. The highest BCUT2D eigenvalue weighted by atomic mass is 16.5. The van der Waals surface area contributed by atoms with Gasteiger partial charge in [0, 0.05) is 7.11 Å². The van der Waals surface area contributed by atoms with E-state index in [2.05, 4.69) is 6.07 Å². The van der Waals surface area contributed by atoms with Crippen molar-refractivity contribution in [3.63, 3.8) is 0 Å². The lowest BCUT2D eigenvalue weighted by Gasteiger charge is -2.28. The summed E-state index contributed by atoms with van der Waals surface area (Å²) in [5, 5.41) is 9.69. The zero-order chi connectivity index (χ0) is 9.26. The van der Waals surface area contributed by atoms with Crippen LogP contribution >= 0.6 is 0 Å². The van der Waals surface area contributed by atoms with E-state index in [0.717, 1.165) is 18.4 Å². The van der Waals surface area contributed by atoms with Gasteiger partial charge in [0.1, 0.15) is 6.10 Å². The van der Waals surface area contributed by atoms with Crippen molar-refractivity contribution in [2.75, 3.05) is 7.11 Å². The second kappa shape index (κ2) is 3.48. The molecule has 0 aliphatic heterocycles. The summed E-state index contributed by atoms with van der Waals surface area (Å²) >= 11 is 0. The Morgan fingerprint density at radius 3 is 2.92 bits per heavy atom. The quantitative estimate of drug-likeness (QED) is 0.709. The van der Waals surface area contributed by atoms with Gasteiger partial charge in [-0.2, -0.15) is 0 Å². The van der Waals surface area contributed by atoms with E-state index >= 15 is 0 Å². The minimum Gasteiger partial charge on any atom is -0.390 e. The summed E-state index contributed by atoms with van der Waals surface area (Å²) in [6, 6.07) is 8.16. The van der Waals surface area contributed by atoms with Gasteiger partial charge in [-0.3, -0.25) is 0 Å². The first-order valence-electron chi connectivity index (χ1n) is 4.61. The first kappa shape index (κ1) is 8.73. The lowest BCUT2D eigenvalue weighted by Crippen LogP contribution is -2.26. The van der Waals surface area contributed by atoms with Crippen molar-refractivity contribution < 1.29 is 9.84 Å². The Labute approximate surface area is 78.2 Å². The van der Waals surface area contributed by atoms with E-state index in [1.165, 1.54) is 5.56 Å². The molecule has 2 atom stereocenters. The molecule has 2 heteroatoms. The third kappa shape index (κ3) is 1.47. The maximum atomic E-state index is 9.69. The Kier molecular flexibility index (Phi) is 2.34. The summed E-state index contributed by atoms with van der Waals surface area (Å²) in [6.07, 6.45) is 1.28. The second-order valence-electron chi connectivity index (χ2n) is 3.46. The molecule has 2 nitrogen and oxygen atoms in total. The van der Waals surface area contributed by atoms with Gasteiger partial charge in [0.15, 0.2) is 0 Å². The molecule has 1 aliphatic carbocycles. The van der Waals surface area contributed by atoms with E-state index in [-0.39, 0.29) is 12.2 Å². The van der Waals surface area contributed by atoms with Crippen LogP contribution < -0.4 is 0 Å². The first-order chi connectivity index (χ1) is 6.33. The minimum absolute atomic E-state index is 0.134. The summed E-state index contributed by atoms with van der Waals surface area (Å²) in [6.45, 7) is 0. The lowest BCUT2D eigenvalue weighted by atomic mass is 9.87. The van der Waals surface area contributed by atoms with Gasteiger partial charge in [-0.05, 0) is 24.0 Å². The zero-order valence-electron chi connectivity index (χ0n) is 7.73. The molecule has 0 radical (unpaired) electrons. The standard InChI is InChI=1S/C11H14O2/c1-13-11-9-5-3-2-4-8(9)6-7-10(11)12/h2-5,10-12H,6-7H2,1H3/t10-,11+/m1/s1. The van der Waals surface area contributed by atoms with Crippen molar-refractivity contribution in [1.82, 2.24) is 0 Å². The highest BCUT2D eigenvalue weighted by molar-refractivity contribution is 5.32. The van der Waals surface area contributed by atoms with Crippen molar-refractivity contribution in [3.8, 4) is 0 Å². The molecule has 0 saturated heterocycles. The molecule has 0 unspecified atom stereocenters. The smallest absolute Gasteiger partial charge is 0.108 e. The van der Waals surface area contributed by atoms with Crippen LogP contribution in [0.5, 0.6) is 0 Å². The summed E-state index contributed by atoms with van der Waals surface area (Å²) in [4.78, 5) is 0. The number of aliphatic hydroxyl groups is 1. The Balaban J connectivity index is 2.39. The van der Waals surface area contributed by atoms with Gasteiger partial charge < -0.3 is 9.84 Å². The fourth-order valence-electron chi connectivity index (χ4n) is 1.99. The number of methoxy groups -OCH3 is 1. The molecule has 13 heavy (non-hydrogen) atoms. The number of ether oxygens (including phenoxy) is 1. The van der Waals surface area contributed by atoms with Crippen LogP contribution in [-0.2, 0) is 11.2 Å². The van der Waals surface area contributed by atoms with Crippen LogP contribution in [0.15, 0.2) is 24.3 Å². The van der Waals surface area contributed by atoms with Crippen molar-refractivity contribution in [2.24, 2.45) is 0 Å². The second-order valence-corrected chi connectivity index (χ2v) is 3.46. The highest BCUT2D eigenvalue weighted by Crippen LogP contribution is 2.31. The topological polar surface area (TPSA) is 29.5 Å². The molecule has 0 bridgehead atoms. The van der Waals surface area contributed by atoms with Gasteiger partial charge in [0.25, 0.3) is 0 Å². The minimum atomic E-state index is -0.347. The van der Waals surface area contributed by atoms with Gasteiger partial charge in [-0.1, -0.05) is 24.3 Å². The summed E-state index contributed by atoms with van der Waals surface area (Å²) in [5.41, 5.74) is 2.45. The molecule has 0 amide bonds. The predicted octanol–water partition coefficient (Wildman–Crippen LogP) is 1.68. The van der Waals surface area contributed by atoms with Gasteiger partial charge in [0.2, 0.25) is 0 Å². The van der Waals surface area contributed by atoms with Crippen molar-refractivity contribution in [3.05, 3.63) is 35.4 Å². The lowest BCUT2D eigenvalue weighted by molar-refractivity contribution is -0.0233. The fourth-order valence-corrected chi connectivity index (χ4v) is 1.99. The van der Waals surface area contributed by atoms with Gasteiger partial charge in [0.05, 0.1) is 6.10 Å². The maximum absolute atomic E-state index is 9.69. The molecule has 0 fully saturated rings. The number of benzene rings is 1. The number of rotatable bonds is 1. The molecule has 70 valence electrons. The van der Waals surface area contributed by atoms with Gasteiger partial charge in [-0.25, -0.2) is 0 Å². The molecule has 0 saturated carbocycles. The Morgan fingerprint density at radius 1 is 1.38 bits per heavy atom. The van der Waals surface area contributed by atoms with E-state index in [0.29, 0.717) is 0 Å². The molecule has 2 rings (SSSR count). The number of hydrogen-bond acceptors (Lipinski definition) is 2. The first-order valence-corrected chi connectivity index (χ1v) is 4.61. The van der Waals surface area contributed by atoms with Crippen molar-refractivity contribution >= 4 is 0 Å². The summed E-state index contributed by atoms with van der Waals surface area (Å²) in [5.74, 6) is 0. The Bertz CT molecular complexity index is 296. The average molecular weight is 178 g/mol. The van der Waals surface area contributed by atoms with Crippen LogP contribution in [0, 0.1) is 0 Å². The highest BCUT2D eigenvalue weighted by Gasteiger charge is 2.27. The largest absolute Gasteiger partial charge is 0.390 e. The number of hydrogen-bond donors (Lipinski definition) is 1. The van der Waals surface area contributed by atoms with Crippen LogP contribution in [0.3, 0.4) is 0 Å². The molecule has 0 heterocycles. The molecule has 0 spiro atoms. The van der Waals surface area contributed by atoms with Crippen LogP contribution in [0.2, 0.25) is 0 Å². The summed E-state index contributed by atoms with van der Waals surface area (Å²) < 4.78 is 5.28. The molecule has 1 aromatic rings. The van der Waals surface area contributed by atoms with Crippen LogP contribution in [0.25, 0.3) is 0 Å². The molecule has 1 N–H and O–H groups in total. The van der Waals surface area contributed by atoms with Gasteiger partial charge >= 0.3 is 0 Å². The SMILES string of the molecule is CO[C@H]1c2ccccc2CC[C@H]1O. The van der Waals surface area contributed by atoms with Crippen molar-refractivity contribution in [2.45, 2.75) is 25.0 Å². The predicted molar refractivity (Wildman–Crippen MR) is 50.5 cm³/mol. The van der Waals surface area contributed by atoms with E-state index in [1.807, 2.05) is 18.2 Å². The molecule has 1 aliphatic rings. The van der Waals surface area contributed by atoms with Gasteiger partial charge in [-0.15, -0.1) is 0 Å². The normalized spacial score (nSPS) is 26.9. The van der Waals surface area contributed by atoms with E-state index < -0.39 is 0 Å². The van der Waals surface area contributed by atoms with Crippen LogP contribution in [0.4, 0.5) is 0 Å². The monoisotopic (exact) mass is 178 g/mol. The van der Waals surface area contributed by atoms with Crippen molar-refractivity contribution in [1.29, 1.82) is 0 Å². The fraction of sp³-hybridized carbons (Fsp3) is 0.455. The van der Waals surface area contributed by atoms with Crippen LogP contribution in [0.1, 0.15) is 23.7 Å². The molecule has 1 aromatic carbocycles. The Hall–Kier alpha value is -0.860. The van der Waals surface area contributed by atoms with E-state index in [4.69, 9.17) is 4.74 Å². The molecular formula is C11H14O2. The number of aryl methyl sites for hydroxylation is 1. The van der Waals surface area contributed by atoms with E-state index in [9.17, 15) is 5.11 Å². The number of fused-ring (bicyclic) bond motifs is 1. The molecule has 0 aromatic heterocycles. The number of aliphatic hydroxyl groups excluding tert-OH is 1. The molecular weight excluding hydrogens is 164 g/mol. The average Bonchev–Trinajstić information content (AvgIpc) is 2.18.